The second-order valence-corrected chi connectivity index (χ2v) is 9.31. The molecule has 3 rings (SSSR count). The maximum absolute atomic E-state index is 12.7. The van der Waals surface area contributed by atoms with E-state index in [1.54, 1.807) is 30.3 Å². The van der Waals surface area contributed by atoms with Crippen molar-refractivity contribution in [2.45, 2.75) is 24.8 Å². The number of rotatable bonds is 9. The van der Waals surface area contributed by atoms with Crippen LogP contribution in [0.4, 0.5) is 0 Å². The standard InChI is InChI=1S/C20H23ClN2O5S/c21-17-6-7-19(28-13-20(24)25)16(10-17)11-22-18-8-9-23(12-18)29(26,27)14-15-4-2-1-3-5-15/h1-7,10,18,22H,8-9,11-14H2,(H,24,25). The second-order valence-electron chi connectivity index (χ2n) is 6.90. The predicted octanol–water partition coefficient (Wildman–Crippen LogP) is 2.50. The van der Waals surface area contributed by atoms with Crippen LogP contribution in [0.25, 0.3) is 0 Å². The maximum Gasteiger partial charge on any atom is 0.341 e. The Balaban J connectivity index is 1.58. The molecule has 1 aliphatic rings. The maximum atomic E-state index is 12.7. The number of nitrogens with one attached hydrogen (secondary N) is 1. The van der Waals surface area contributed by atoms with Gasteiger partial charge in [0.25, 0.3) is 0 Å². The minimum atomic E-state index is -3.38. The summed E-state index contributed by atoms with van der Waals surface area (Å²) in [6, 6.07) is 14.1. The lowest BCUT2D eigenvalue weighted by Crippen LogP contribution is -2.35. The van der Waals surface area contributed by atoms with Crippen LogP contribution in [-0.2, 0) is 27.1 Å². The van der Waals surface area contributed by atoms with E-state index in [4.69, 9.17) is 21.4 Å². The summed E-state index contributed by atoms with van der Waals surface area (Å²) in [4.78, 5) is 10.7. The van der Waals surface area contributed by atoms with E-state index in [0.29, 0.717) is 36.8 Å². The van der Waals surface area contributed by atoms with Gasteiger partial charge in [-0.25, -0.2) is 17.5 Å². The van der Waals surface area contributed by atoms with Crippen LogP contribution in [-0.4, -0.2) is 49.5 Å². The SMILES string of the molecule is O=C(O)COc1ccc(Cl)cc1CNC1CCN(S(=O)(=O)Cc2ccccc2)C1. The average molecular weight is 439 g/mol. The Morgan fingerprint density at radius 3 is 2.72 bits per heavy atom. The number of carboxylic acid groups (broad SMARTS) is 1. The van der Waals surface area contributed by atoms with E-state index >= 15 is 0 Å². The Morgan fingerprint density at radius 1 is 1.24 bits per heavy atom. The highest BCUT2D eigenvalue weighted by Crippen LogP contribution is 2.24. The molecule has 1 saturated heterocycles. The lowest BCUT2D eigenvalue weighted by molar-refractivity contribution is -0.139. The molecule has 7 nitrogen and oxygen atoms in total. The fourth-order valence-electron chi connectivity index (χ4n) is 3.24. The molecule has 29 heavy (non-hydrogen) atoms. The molecule has 1 heterocycles. The summed E-state index contributed by atoms with van der Waals surface area (Å²) < 4.78 is 32.2. The quantitative estimate of drug-likeness (QED) is 0.624. The van der Waals surface area contributed by atoms with Gasteiger partial charge in [-0.2, -0.15) is 0 Å². The molecule has 1 atom stereocenters. The van der Waals surface area contributed by atoms with Crippen LogP contribution in [0.1, 0.15) is 17.5 Å². The van der Waals surface area contributed by atoms with E-state index in [0.717, 1.165) is 11.1 Å². The molecular formula is C20H23ClN2O5S. The summed E-state index contributed by atoms with van der Waals surface area (Å²) >= 11 is 6.05. The Labute approximate surface area is 175 Å². The van der Waals surface area contributed by atoms with Crippen molar-refractivity contribution in [1.82, 2.24) is 9.62 Å². The summed E-state index contributed by atoms with van der Waals surface area (Å²) in [5.74, 6) is -0.632. The van der Waals surface area contributed by atoms with E-state index in [2.05, 4.69) is 5.32 Å². The molecule has 2 N–H and O–H groups in total. The molecule has 1 unspecified atom stereocenters. The van der Waals surface area contributed by atoms with E-state index in [1.807, 2.05) is 18.2 Å². The van der Waals surface area contributed by atoms with Gasteiger partial charge < -0.3 is 15.2 Å². The lowest BCUT2D eigenvalue weighted by atomic mass is 10.1. The van der Waals surface area contributed by atoms with Crippen LogP contribution in [0.3, 0.4) is 0 Å². The van der Waals surface area contributed by atoms with Crippen molar-refractivity contribution in [2.24, 2.45) is 0 Å². The molecule has 2 aromatic rings. The van der Waals surface area contributed by atoms with Gasteiger partial charge in [-0.15, -0.1) is 0 Å². The molecule has 1 aliphatic heterocycles. The minimum Gasteiger partial charge on any atom is -0.482 e. The zero-order valence-corrected chi connectivity index (χ0v) is 17.3. The van der Waals surface area contributed by atoms with E-state index in [1.165, 1.54) is 4.31 Å². The van der Waals surface area contributed by atoms with Gasteiger partial charge >= 0.3 is 5.97 Å². The van der Waals surface area contributed by atoms with Crippen LogP contribution >= 0.6 is 11.6 Å². The Hall–Kier alpha value is -2.13. The molecule has 9 heteroatoms. The smallest absolute Gasteiger partial charge is 0.341 e. The fourth-order valence-corrected chi connectivity index (χ4v) is 5.03. The Morgan fingerprint density at radius 2 is 2.00 bits per heavy atom. The highest BCUT2D eigenvalue weighted by Gasteiger charge is 2.31. The van der Waals surface area contributed by atoms with E-state index in [-0.39, 0.29) is 11.8 Å². The summed E-state index contributed by atoms with van der Waals surface area (Å²) in [5, 5.41) is 12.6. The number of hydrogen-bond donors (Lipinski definition) is 2. The number of sulfonamides is 1. The summed E-state index contributed by atoms with van der Waals surface area (Å²) in [5.41, 5.74) is 1.49. The van der Waals surface area contributed by atoms with E-state index < -0.39 is 22.6 Å². The summed E-state index contributed by atoms with van der Waals surface area (Å²) in [6.45, 7) is 0.808. The summed E-state index contributed by atoms with van der Waals surface area (Å²) in [7, 11) is -3.38. The molecular weight excluding hydrogens is 416 g/mol. The third-order valence-corrected chi connectivity index (χ3v) is 6.74. The zero-order chi connectivity index (χ0) is 20.9. The molecule has 0 aliphatic carbocycles. The Kier molecular flexibility index (Phi) is 7.13. The number of carboxylic acids is 1. The number of carbonyl (C=O) groups is 1. The Bertz CT molecular complexity index is 953. The van der Waals surface area contributed by atoms with Crippen LogP contribution in [0.2, 0.25) is 5.02 Å². The molecule has 0 radical (unpaired) electrons. The first-order chi connectivity index (χ1) is 13.8. The number of nitrogens with zero attached hydrogens (tertiary/aromatic N) is 1. The highest BCUT2D eigenvalue weighted by molar-refractivity contribution is 7.88. The molecule has 1 fully saturated rings. The fraction of sp³-hybridized carbons (Fsp3) is 0.350. The number of benzene rings is 2. The van der Waals surface area contributed by atoms with Gasteiger partial charge in [0.1, 0.15) is 5.75 Å². The lowest BCUT2D eigenvalue weighted by Gasteiger charge is -2.18. The second kappa shape index (κ2) is 9.58. The molecule has 2 aromatic carbocycles. The van der Waals surface area contributed by atoms with Crippen LogP contribution in [0, 0.1) is 0 Å². The van der Waals surface area contributed by atoms with Crippen molar-refractivity contribution < 1.29 is 23.1 Å². The molecule has 0 amide bonds. The van der Waals surface area contributed by atoms with Crippen molar-refractivity contribution in [3.8, 4) is 5.75 Å². The van der Waals surface area contributed by atoms with Crippen LogP contribution < -0.4 is 10.1 Å². The molecule has 156 valence electrons. The van der Waals surface area contributed by atoms with Crippen molar-refractivity contribution in [3.05, 3.63) is 64.7 Å². The van der Waals surface area contributed by atoms with Crippen LogP contribution in [0.5, 0.6) is 5.75 Å². The largest absolute Gasteiger partial charge is 0.482 e. The van der Waals surface area contributed by atoms with Crippen LogP contribution in [0.15, 0.2) is 48.5 Å². The van der Waals surface area contributed by atoms with Gasteiger partial charge in [-0.3, -0.25) is 0 Å². The summed E-state index contributed by atoms with van der Waals surface area (Å²) in [6.07, 6.45) is 0.694. The highest BCUT2D eigenvalue weighted by atomic mass is 35.5. The zero-order valence-electron chi connectivity index (χ0n) is 15.8. The molecule has 0 aromatic heterocycles. The minimum absolute atomic E-state index is 0.00754. The number of halogens is 1. The first-order valence-electron chi connectivity index (χ1n) is 9.21. The number of aliphatic carboxylic acids is 1. The van der Waals surface area contributed by atoms with Gasteiger partial charge in [0, 0.05) is 36.3 Å². The van der Waals surface area contributed by atoms with Gasteiger partial charge in [-0.05, 0) is 30.2 Å². The topological polar surface area (TPSA) is 95.9 Å². The van der Waals surface area contributed by atoms with Gasteiger partial charge in [0.2, 0.25) is 10.0 Å². The monoisotopic (exact) mass is 438 g/mol. The van der Waals surface area contributed by atoms with Gasteiger partial charge in [0.15, 0.2) is 6.61 Å². The molecule has 0 spiro atoms. The van der Waals surface area contributed by atoms with Crippen molar-refractivity contribution in [1.29, 1.82) is 0 Å². The van der Waals surface area contributed by atoms with Crippen molar-refractivity contribution in [3.63, 3.8) is 0 Å². The third kappa shape index (κ3) is 6.17. The van der Waals surface area contributed by atoms with Gasteiger partial charge in [0.05, 0.1) is 5.75 Å². The number of hydrogen-bond acceptors (Lipinski definition) is 5. The molecule has 0 bridgehead atoms. The molecule has 0 saturated carbocycles. The first kappa shape index (κ1) is 21.6. The predicted molar refractivity (Wildman–Crippen MR) is 110 cm³/mol. The number of ether oxygens (including phenoxy) is 1. The first-order valence-corrected chi connectivity index (χ1v) is 11.2. The van der Waals surface area contributed by atoms with Crippen molar-refractivity contribution in [2.75, 3.05) is 19.7 Å². The normalized spacial score (nSPS) is 17.3. The van der Waals surface area contributed by atoms with Crippen molar-refractivity contribution >= 4 is 27.6 Å². The van der Waals surface area contributed by atoms with E-state index in [9.17, 15) is 13.2 Å². The third-order valence-electron chi connectivity index (χ3n) is 4.69. The average Bonchev–Trinajstić information content (AvgIpc) is 3.16. The van der Waals surface area contributed by atoms with Gasteiger partial charge in [-0.1, -0.05) is 41.9 Å².